The SMILES string of the molecule is C=C1CCC(c2ncccn2)C(=O)N1. The van der Waals surface area contributed by atoms with Crippen molar-refractivity contribution < 1.29 is 4.79 Å². The lowest BCUT2D eigenvalue weighted by molar-refractivity contribution is -0.123. The molecule has 0 spiro atoms. The highest BCUT2D eigenvalue weighted by molar-refractivity contribution is 5.85. The molecule has 0 radical (unpaired) electrons. The maximum absolute atomic E-state index is 11.6. The monoisotopic (exact) mass is 189 g/mol. The topological polar surface area (TPSA) is 54.9 Å². The van der Waals surface area contributed by atoms with Gasteiger partial charge in [-0.25, -0.2) is 9.97 Å². The number of hydrogen-bond donors (Lipinski definition) is 1. The number of nitrogens with one attached hydrogen (secondary N) is 1. The van der Waals surface area contributed by atoms with E-state index in [1.54, 1.807) is 18.5 Å². The van der Waals surface area contributed by atoms with Crippen molar-refractivity contribution in [2.75, 3.05) is 0 Å². The van der Waals surface area contributed by atoms with Gasteiger partial charge in [-0.1, -0.05) is 6.58 Å². The molecule has 0 aromatic carbocycles. The van der Waals surface area contributed by atoms with Crippen LogP contribution < -0.4 is 5.32 Å². The molecule has 0 saturated carbocycles. The van der Waals surface area contributed by atoms with Crippen LogP contribution in [-0.4, -0.2) is 15.9 Å². The quantitative estimate of drug-likeness (QED) is 0.716. The van der Waals surface area contributed by atoms with Crippen LogP contribution in [0.5, 0.6) is 0 Å². The van der Waals surface area contributed by atoms with E-state index in [9.17, 15) is 4.79 Å². The number of aromatic nitrogens is 2. The maximum atomic E-state index is 11.6. The molecule has 1 aliphatic rings. The van der Waals surface area contributed by atoms with Crippen LogP contribution in [0.1, 0.15) is 24.6 Å². The van der Waals surface area contributed by atoms with Crippen molar-refractivity contribution in [3.63, 3.8) is 0 Å². The van der Waals surface area contributed by atoms with Crippen LogP contribution in [-0.2, 0) is 4.79 Å². The fourth-order valence-electron chi connectivity index (χ4n) is 1.51. The number of rotatable bonds is 1. The van der Waals surface area contributed by atoms with Crippen LogP contribution in [0.15, 0.2) is 30.7 Å². The minimum absolute atomic E-state index is 0.0487. The van der Waals surface area contributed by atoms with Gasteiger partial charge in [-0.05, 0) is 18.9 Å². The molecule has 2 heterocycles. The Labute approximate surface area is 82.1 Å². The van der Waals surface area contributed by atoms with Crippen molar-refractivity contribution in [2.24, 2.45) is 0 Å². The van der Waals surface area contributed by atoms with Crippen LogP contribution in [0.3, 0.4) is 0 Å². The molecule has 4 heteroatoms. The van der Waals surface area contributed by atoms with Crippen molar-refractivity contribution in [3.05, 3.63) is 36.6 Å². The summed E-state index contributed by atoms with van der Waals surface area (Å²) in [6, 6.07) is 1.74. The molecule has 1 amide bonds. The highest BCUT2D eigenvalue weighted by atomic mass is 16.2. The number of nitrogens with zero attached hydrogens (tertiary/aromatic N) is 2. The van der Waals surface area contributed by atoms with Crippen LogP contribution in [0, 0.1) is 0 Å². The summed E-state index contributed by atoms with van der Waals surface area (Å²) in [4.78, 5) is 19.7. The number of piperidine rings is 1. The number of amides is 1. The predicted octanol–water partition coefficient (Wildman–Crippen LogP) is 0.984. The molecule has 1 aromatic rings. The lowest BCUT2D eigenvalue weighted by atomic mass is 9.96. The van der Waals surface area contributed by atoms with E-state index in [0.29, 0.717) is 5.82 Å². The summed E-state index contributed by atoms with van der Waals surface area (Å²) in [5, 5.41) is 2.71. The minimum Gasteiger partial charge on any atom is -0.330 e. The molecule has 4 nitrogen and oxygen atoms in total. The van der Waals surface area contributed by atoms with Crippen molar-refractivity contribution in [3.8, 4) is 0 Å². The van der Waals surface area contributed by atoms with Crippen LogP contribution in [0.25, 0.3) is 0 Å². The van der Waals surface area contributed by atoms with Gasteiger partial charge in [0.2, 0.25) is 5.91 Å². The molecule has 1 unspecified atom stereocenters. The van der Waals surface area contributed by atoms with E-state index in [4.69, 9.17) is 0 Å². The number of carbonyl (C=O) groups is 1. The van der Waals surface area contributed by atoms with Gasteiger partial charge in [0, 0.05) is 18.1 Å². The van der Waals surface area contributed by atoms with Crippen molar-refractivity contribution in [1.29, 1.82) is 0 Å². The van der Waals surface area contributed by atoms with Crippen LogP contribution >= 0.6 is 0 Å². The fourth-order valence-corrected chi connectivity index (χ4v) is 1.51. The van der Waals surface area contributed by atoms with Gasteiger partial charge < -0.3 is 5.32 Å². The fraction of sp³-hybridized carbons (Fsp3) is 0.300. The van der Waals surface area contributed by atoms with E-state index in [2.05, 4.69) is 21.9 Å². The third-order valence-electron chi connectivity index (χ3n) is 2.25. The molecule has 14 heavy (non-hydrogen) atoms. The molecule has 1 aliphatic heterocycles. The summed E-state index contributed by atoms with van der Waals surface area (Å²) in [6.07, 6.45) is 4.85. The molecule has 1 saturated heterocycles. The Balaban J connectivity index is 2.20. The van der Waals surface area contributed by atoms with Crippen molar-refractivity contribution in [1.82, 2.24) is 15.3 Å². The third kappa shape index (κ3) is 1.64. The van der Waals surface area contributed by atoms with E-state index in [1.807, 2.05) is 0 Å². The average Bonchev–Trinajstić information content (AvgIpc) is 2.19. The Hall–Kier alpha value is -1.71. The van der Waals surface area contributed by atoms with Crippen LogP contribution in [0.2, 0.25) is 0 Å². The second-order valence-corrected chi connectivity index (χ2v) is 3.29. The van der Waals surface area contributed by atoms with Gasteiger partial charge in [-0.3, -0.25) is 4.79 Å². The largest absolute Gasteiger partial charge is 0.330 e. The van der Waals surface area contributed by atoms with Gasteiger partial charge in [-0.2, -0.15) is 0 Å². The molecule has 1 aromatic heterocycles. The van der Waals surface area contributed by atoms with E-state index in [-0.39, 0.29) is 11.8 Å². The van der Waals surface area contributed by atoms with Crippen LogP contribution in [0.4, 0.5) is 0 Å². The molecule has 72 valence electrons. The molecular formula is C10H11N3O. The Morgan fingerprint density at radius 2 is 2.14 bits per heavy atom. The van der Waals surface area contributed by atoms with Gasteiger partial charge in [0.15, 0.2) is 0 Å². The van der Waals surface area contributed by atoms with E-state index < -0.39 is 0 Å². The standard InChI is InChI=1S/C10H11N3O/c1-7-3-4-8(10(14)13-7)9-11-5-2-6-12-9/h2,5-6,8H,1,3-4H2,(H,13,14). The summed E-state index contributed by atoms with van der Waals surface area (Å²) in [7, 11) is 0. The van der Waals surface area contributed by atoms with Gasteiger partial charge in [0.25, 0.3) is 0 Å². The predicted molar refractivity (Wildman–Crippen MR) is 51.3 cm³/mol. The van der Waals surface area contributed by atoms with E-state index in [0.717, 1.165) is 18.5 Å². The van der Waals surface area contributed by atoms with Gasteiger partial charge >= 0.3 is 0 Å². The summed E-state index contributed by atoms with van der Waals surface area (Å²) < 4.78 is 0. The number of hydrogen-bond acceptors (Lipinski definition) is 3. The first-order valence-corrected chi connectivity index (χ1v) is 4.53. The molecule has 2 rings (SSSR count). The normalized spacial score (nSPS) is 21.9. The highest BCUT2D eigenvalue weighted by Crippen LogP contribution is 2.23. The Morgan fingerprint density at radius 3 is 2.79 bits per heavy atom. The Kier molecular flexibility index (Phi) is 2.26. The summed E-state index contributed by atoms with van der Waals surface area (Å²) in [5.74, 6) is 0.326. The zero-order valence-electron chi connectivity index (χ0n) is 7.73. The van der Waals surface area contributed by atoms with Gasteiger partial charge in [0.05, 0.1) is 5.92 Å². The lowest BCUT2D eigenvalue weighted by Gasteiger charge is -2.21. The second-order valence-electron chi connectivity index (χ2n) is 3.29. The lowest BCUT2D eigenvalue weighted by Crippen LogP contribution is -2.34. The third-order valence-corrected chi connectivity index (χ3v) is 2.25. The minimum atomic E-state index is -0.221. The van der Waals surface area contributed by atoms with Crippen molar-refractivity contribution >= 4 is 5.91 Å². The highest BCUT2D eigenvalue weighted by Gasteiger charge is 2.27. The first-order valence-electron chi connectivity index (χ1n) is 4.53. The van der Waals surface area contributed by atoms with E-state index in [1.165, 1.54) is 0 Å². The maximum Gasteiger partial charge on any atom is 0.234 e. The second kappa shape index (κ2) is 3.57. The zero-order chi connectivity index (χ0) is 9.97. The summed E-state index contributed by atoms with van der Waals surface area (Å²) >= 11 is 0. The molecule has 1 fully saturated rings. The Morgan fingerprint density at radius 1 is 1.43 bits per heavy atom. The summed E-state index contributed by atoms with van der Waals surface area (Å²) in [5.41, 5.74) is 0.780. The van der Waals surface area contributed by atoms with Crippen molar-refractivity contribution in [2.45, 2.75) is 18.8 Å². The van der Waals surface area contributed by atoms with E-state index >= 15 is 0 Å². The molecule has 0 aliphatic carbocycles. The molecule has 1 N–H and O–H groups in total. The average molecular weight is 189 g/mol. The summed E-state index contributed by atoms with van der Waals surface area (Å²) in [6.45, 7) is 3.72. The molecule has 0 bridgehead atoms. The van der Waals surface area contributed by atoms with Gasteiger partial charge in [0.1, 0.15) is 5.82 Å². The van der Waals surface area contributed by atoms with Gasteiger partial charge in [-0.15, -0.1) is 0 Å². The molecule has 1 atom stereocenters. The first-order chi connectivity index (χ1) is 6.77. The number of allylic oxidation sites excluding steroid dienone is 1. The first kappa shape index (κ1) is 8.87. The Bertz CT molecular complexity index is 361. The smallest absolute Gasteiger partial charge is 0.234 e. The number of carbonyl (C=O) groups excluding carboxylic acids is 1. The zero-order valence-corrected chi connectivity index (χ0v) is 7.73. The molecular weight excluding hydrogens is 178 g/mol.